The molecule has 3 nitrogen and oxygen atoms in total. The van der Waals surface area contributed by atoms with E-state index in [-0.39, 0.29) is 0 Å². The molecule has 0 amide bonds. The van der Waals surface area contributed by atoms with Crippen LogP contribution in [-0.4, -0.2) is 0 Å². The molecule has 0 bridgehead atoms. The van der Waals surface area contributed by atoms with Crippen LogP contribution in [0, 0.1) is 5.21 Å². The maximum atomic E-state index is 10.7. The van der Waals surface area contributed by atoms with Crippen LogP contribution in [0.2, 0.25) is 0 Å². The molecule has 1 aromatic rings. The Labute approximate surface area is 53.3 Å². The Morgan fingerprint density at radius 1 is 1.56 bits per heavy atom. The van der Waals surface area contributed by atoms with Crippen molar-refractivity contribution >= 4 is 0 Å². The van der Waals surface area contributed by atoms with E-state index in [4.69, 9.17) is 5.73 Å². The minimum atomic E-state index is 0.296. The minimum Gasteiger partial charge on any atom is -0.618 e. The monoisotopic (exact) mass is 124 g/mol. The highest BCUT2D eigenvalue weighted by molar-refractivity contribution is 4.96. The van der Waals surface area contributed by atoms with Crippen LogP contribution in [-0.2, 0) is 6.54 Å². The molecule has 0 spiro atoms. The number of hydrogen-bond donors (Lipinski definition) is 1. The fourth-order valence-electron chi connectivity index (χ4n) is 0.622. The van der Waals surface area contributed by atoms with E-state index in [0.29, 0.717) is 12.2 Å². The summed E-state index contributed by atoms with van der Waals surface area (Å²) in [5.41, 5.74) is 5.82. The second kappa shape index (κ2) is 2.46. The quantitative estimate of drug-likeness (QED) is 0.415. The zero-order valence-corrected chi connectivity index (χ0v) is 4.95. The number of hydrogen-bond acceptors (Lipinski definition) is 2. The first kappa shape index (κ1) is 6.04. The van der Waals surface area contributed by atoms with Gasteiger partial charge in [0.05, 0.1) is 6.54 Å². The summed E-state index contributed by atoms with van der Waals surface area (Å²) in [5, 5.41) is 10.7. The average molecular weight is 124 g/mol. The van der Waals surface area contributed by atoms with Crippen LogP contribution in [0.4, 0.5) is 0 Å². The Morgan fingerprint density at radius 3 is 2.78 bits per heavy atom. The Morgan fingerprint density at radius 2 is 2.33 bits per heavy atom. The van der Waals surface area contributed by atoms with Gasteiger partial charge in [-0.2, -0.15) is 4.73 Å². The van der Waals surface area contributed by atoms with Gasteiger partial charge >= 0.3 is 0 Å². The Balaban J connectivity index is 3.01. The van der Waals surface area contributed by atoms with E-state index in [0.717, 1.165) is 4.73 Å². The molecule has 0 aliphatic heterocycles. The molecule has 0 atom stereocenters. The molecule has 48 valence electrons. The summed E-state index contributed by atoms with van der Waals surface area (Å²) in [6.45, 7) is 0.296. The highest BCUT2D eigenvalue weighted by atomic mass is 16.5. The lowest BCUT2D eigenvalue weighted by Crippen LogP contribution is -2.32. The SMILES string of the molecule is NCc1cccc[n+]1[O-]. The largest absolute Gasteiger partial charge is 0.618 e. The number of nitrogens with two attached hydrogens (primary N) is 1. The molecular formula is C6H8N2O. The van der Waals surface area contributed by atoms with E-state index >= 15 is 0 Å². The number of rotatable bonds is 1. The summed E-state index contributed by atoms with van der Waals surface area (Å²) in [7, 11) is 0. The molecule has 0 fully saturated rings. The van der Waals surface area contributed by atoms with Crippen molar-refractivity contribution in [2.45, 2.75) is 6.54 Å². The highest BCUT2D eigenvalue weighted by Crippen LogP contribution is 1.86. The summed E-state index contributed by atoms with van der Waals surface area (Å²) < 4.78 is 0.764. The van der Waals surface area contributed by atoms with E-state index < -0.39 is 0 Å². The topological polar surface area (TPSA) is 53.0 Å². The lowest BCUT2D eigenvalue weighted by Gasteiger charge is -1.98. The van der Waals surface area contributed by atoms with Gasteiger partial charge in [-0.3, -0.25) is 0 Å². The molecule has 0 radical (unpaired) electrons. The van der Waals surface area contributed by atoms with Crippen LogP contribution in [0.25, 0.3) is 0 Å². The smallest absolute Gasteiger partial charge is 0.206 e. The molecule has 1 rings (SSSR count). The van der Waals surface area contributed by atoms with E-state index in [2.05, 4.69) is 0 Å². The highest BCUT2D eigenvalue weighted by Gasteiger charge is 1.96. The molecular weight excluding hydrogens is 116 g/mol. The Bertz CT molecular complexity index is 200. The normalized spacial score (nSPS) is 9.44. The predicted octanol–water partition coefficient (Wildman–Crippen LogP) is -0.221. The van der Waals surface area contributed by atoms with Crippen LogP contribution >= 0.6 is 0 Å². The maximum absolute atomic E-state index is 10.7. The van der Waals surface area contributed by atoms with Crippen molar-refractivity contribution in [1.82, 2.24) is 0 Å². The first-order chi connectivity index (χ1) is 4.34. The summed E-state index contributed by atoms with van der Waals surface area (Å²) in [6.07, 6.45) is 1.43. The Kier molecular flexibility index (Phi) is 1.65. The van der Waals surface area contributed by atoms with Gasteiger partial charge in [-0.15, -0.1) is 0 Å². The number of nitrogens with zero attached hydrogens (tertiary/aromatic N) is 1. The lowest BCUT2D eigenvalue weighted by molar-refractivity contribution is -0.614. The molecule has 2 N–H and O–H groups in total. The van der Waals surface area contributed by atoms with Crippen LogP contribution in [0.15, 0.2) is 24.4 Å². The zero-order valence-electron chi connectivity index (χ0n) is 4.95. The average Bonchev–Trinajstić information content (AvgIpc) is 1.89. The molecule has 1 aromatic heterocycles. The van der Waals surface area contributed by atoms with Crippen LogP contribution < -0.4 is 10.5 Å². The third kappa shape index (κ3) is 1.17. The standard InChI is InChI=1S/C6H8N2O/c7-5-6-3-1-2-4-8(6)9/h1-4H,5,7H2. The molecule has 1 heterocycles. The van der Waals surface area contributed by atoms with E-state index in [9.17, 15) is 5.21 Å². The molecule has 0 aliphatic rings. The van der Waals surface area contributed by atoms with Crippen molar-refractivity contribution in [2.75, 3.05) is 0 Å². The summed E-state index contributed by atoms with van der Waals surface area (Å²) >= 11 is 0. The van der Waals surface area contributed by atoms with Crippen LogP contribution in [0.3, 0.4) is 0 Å². The van der Waals surface area contributed by atoms with Gasteiger partial charge in [0.25, 0.3) is 0 Å². The maximum Gasteiger partial charge on any atom is 0.206 e. The summed E-state index contributed by atoms with van der Waals surface area (Å²) in [6, 6.07) is 5.16. The molecule has 3 heteroatoms. The van der Waals surface area contributed by atoms with E-state index in [1.165, 1.54) is 6.20 Å². The first-order valence-corrected chi connectivity index (χ1v) is 2.71. The first-order valence-electron chi connectivity index (χ1n) is 2.71. The van der Waals surface area contributed by atoms with Gasteiger partial charge in [0.15, 0.2) is 6.20 Å². The van der Waals surface area contributed by atoms with Gasteiger partial charge < -0.3 is 10.9 Å². The molecule has 9 heavy (non-hydrogen) atoms. The third-order valence-corrected chi connectivity index (χ3v) is 1.11. The molecule has 0 saturated heterocycles. The van der Waals surface area contributed by atoms with Crippen molar-refractivity contribution < 1.29 is 4.73 Å². The van der Waals surface area contributed by atoms with E-state index in [1.54, 1.807) is 18.2 Å². The fraction of sp³-hybridized carbons (Fsp3) is 0.167. The second-order valence-corrected chi connectivity index (χ2v) is 1.72. The Hall–Kier alpha value is -1.09. The van der Waals surface area contributed by atoms with Crippen LogP contribution in [0.5, 0.6) is 0 Å². The molecule has 0 aromatic carbocycles. The van der Waals surface area contributed by atoms with Gasteiger partial charge in [-0.1, -0.05) is 0 Å². The van der Waals surface area contributed by atoms with Gasteiger partial charge in [-0.25, -0.2) is 0 Å². The van der Waals surface area contributed by atoms with Crippen molar-refractivity contribution in [2.24, 2.45) is 5.73 Å². The summed E-state index contributed by atoms with van der Waals surface area (Å²) in [4.78, 5) is 0. The zero-order chi connectivity index (χ0) is 6.69. The third-order valence-electron chi connectivity index (χ3n) is 1.11. The van der Waals surface area contributed by atoms with Crippen molar-refractivity contribution in [3.8, 4) is 0 Å². The van der Waals surface area contributed by atoms with E-state index in [1.807, 2.05) is 0 Å². The summed E-state index contributed by atoms with van der Waals surface area (Å²) in [5.74, 6) is 0. The minimum absolute atomic E-state index is 0.296. The van der Waals surface area contributed by atoms with Gasteiger partial charge in [0.2, 0.25) is 5.69 Å². The number of aromatic nitrogens is 1. The van der Waals surface area contributed by atoms with Crippen molar-refractivity contribution in [3.05, 3.63) is 35.3 Å². The van der Waals surface area contributed by atoms with Gasteiger partial charge in [0.1, 0.15) is 0 Å². The molecule has 0 aliphatic carbocycles. The van der Waals surface area contributed by atoms with Crippen molar-refractivity contribution in [3.63, 3.8) is 0 Å². The second-order valence-electron chi connectivity index (χ2n) is 1.72. The van der Waals surface area contributed by atoms with Crippen LogP contribution in [0.1, 0.15) is 5.69 Å². The predicted molar refractivity (Wildman–Crippen MR) is 33.3 cm³/mol. The van der Waals surface area contributed by atoms with Crippen molar-refractivity contribution in [1.29, 1.82) is 0 Å². The molecule has 0 saturated carbocycles. The number of pyridine rings is 1. The fourth-order valence-corrected chi connectivity index (χ4v) is 0.622. The van der Waals surface area contributed by atoms with Gasteiger partial charge in [-0.05, 0) is 6.07 Å². The lowest BCUT2D eigenvalue weighted by atomic mass is 10.3. The molecule has 0 unspecified atom stereocenters. The van der Waals surface area contributed by atoms with Gasteiger partial charge in [0, 0.05) is 12.1 Å².